The van der Waals surface area contributed by atoms with Crippen molar-refractivity contribution in [2.24, 2.45) is 0 Å². The van der Waals surface area contributed by atoms with Crippen molar-refractivity contribution in [1.29, 1.82) is 0 Å². The molecule has 1 aliphatic heterocycles. The molecule has 0 saturated carbocycles. The van der Waals surface area contributed by atoms with Crippen molar-refractivity contribution in [3.63, 3.8) is 0 Å². The van der Waals surface area contributed by atoms with Crippen molar-refractivity contribution in [2.45, 2.75) is 64.9 Å². The first-order valence-corrected chi connectivity index (χ1v) is 9.29. The van der Waals surface area contributed by atoms with Crippen LogP contribution in [0.15, 0.2) is 30.3 Å². The van der Waals surface area contributed by atoms with Crippen LogP contribution in [0.25, 0.3) is 0 Å². The van der Waals surface area contributed by atoms with Crippen molar-refractivity contribution in [3.05, 3.63) is 35.9 Å². The lowest BCUT2D eigenvalue weighted by Gasteiger charge is -2.27. The maximum atomic E-state index is 12.6. The zero-order chi connectivity index (χ0) is 21.6. The lowest BCUT2D eigenvalue weighted by Crippen LogP contribution is -2.52. The fraction of sp³-hybridized carbons (Fsp3) is 0.500. The summed E-state index contributed by atoms with van der Waals surface area (Å²) in [7, 11) is 0. The number of nitrogens with zero attached hydrogens (tertiary/aromatic N) is 1. The Bertz CT molecular complexity index is 742. The second-order valence-corrected chi connectivity index (χ2v) is 7.62. The number of imide groups is 1. The Morgan fingerprint density at radius 3 is 2.24 bits per heavy atom. The molecule has 0 aromatic heterocycles. The molecule has 3 amide bonds. The van der Waals surface area contributed by atoms with Crippen LogP contribution in [0.2, 0.25) is 0 Å². The fourth-order valence-corrected chi connectivity index (χ4v) is 2.51. The average molecular weight is 406 g/mol. The van der Waals surface area contributed by atoms with Crippen LogP contribution in [0.4, 0.5) is 4.79 Å². The van der Waals surface area contributed by atoms with Gasteiger partial charge in [-0.05, 0) is 33.3 Å². The van der Waals surface area contributed by atoms with Crippen molar-refractivity contribution < 1.29 is 33.5 Å². The molecule has 1 N–H and O–H groups in total. The van der Waals surface area contributed by atoms with E-state index in [1.165, 1.54) is 0 Å². The quantitative estimate of drug-likeness (QED) is 0.690. The molecule has 1 heterocycles. The largest absolute Gasteiger partial charge is 0.444 e. The Kier molecular flexibility index (Phi) is 7.33. The smallest absolute Gasteiger partial charge is 0.408 e. The second kappa shape index (κ2) is 9.51. The van der Waals surface area contributed by atoms with Crippen molar-refractivity contribution in [2.75, 3.05) is 0 Å². The summed E-state index contributed by atoms with van der Waals surface area (Å²) < 4.78 is 10.9. The summed E-state index contributed by atoms with van der Waals surface area (Å²) >= 11 is 0. The Labute approximate surface area is 169 Å². The molecule has 1 fully saturated rings. The topological polar surface area (TPSA) is 111 Å². The van der Waals surface area contributed by atoms with Gasteiger partial charge in [0.15, 0.2) is 6.04 Å². The molecule has 0 radical (unpaired) electrons. The van der Waals surface area contributed by atoms with E-state index in [9.17, 15) is 19.2 Å². The zero-order valence-corrected chi connectivity index (χ0v) is 17.0. The maximum absolute atomic E-state index is 12.6. The highest BCUT2D eigenvalue weighted by Crippen LogP contribution is 2.15. The van der Waals surface area contributed by atoms with Gasteiger partial charge in [-0.25, -0.2) is 9.59 Å². The first-order chi connectivity index (χ1) is 13.6. The number of alkyl carbamates (subject to hydrolysis) is 1. The normalized spacial score (nSPS) is 16.3. The van der Waals surface area contributed by atoms with E-state index in [0.29, 0.717) is 5.06 Å². The number of carbonyl (C=O) groups excluding carboxylic acids is 4. The number of carbonyl (C=O) groups is 4. The number of amides is 3. The molecule has 1 aliphatic rings. The van der Waals surface area contributed by atoms with Crippen molar-refractivity contribution in [3.8, 4) is 0 Å². The molecular formula is C20H26N2O7. The molecule has 1 aromatic rings. The summed E-state index contributed by atoms with van der Waals surface area (Å²) in [6, 6.07) is 7.96. The van der Waals surface area contributed by atoms with E-state index in [-0.39, 0.29) is 19.4 Å². The molecule has 0 bridgehead atoms. The van der Waals surface area contributed by atoms with Gasteiger partial charge < -0.3 is 19.6 Å². The van der Waals surface area contributed by atoms with Gasteiger partial charge in [0.1, 0.15) is 5.60 Å². The van der Waals surface area contributed by atoms with E-state index >= 15 is 0 Å². The Morgan fingerprint density at radius 2 is 1.69 bits per heavy atom. The lowest BCUT2D eigenvalue weighted by molar-refractivity contribution is -0.201. The first kappa shape index (κ1) is 22.4. The molecule has 9 heteroatoms. The SMILES string of the molecule is C[C@@H](OCc1ccccc1)[C@H](NC(=O)OC(C)(C)C)C(=O)ON1C(=O)CCC1=O. The van der Waals surface area contributed by atoms with E-state index in [1.807, 2.05) is 30.3 Å². The molecular weight excluding hydrogens is 380 g/mol. The average Bonchev–Trinajstić information content (AvgIpc) is 2.95. The van der Waals surface area contributed by atoms with Crippen LogP contribution in [0.3, 0.4) is 0 Å². The minimum Gasteiger partial charge on any atom is -0.444 e. The maximum Gasteiger partial charge on any atom is 0.408 e. The van der Waals surface area contributed by atoms with Crippen LogP contribution in [0, 0.1) is 0 Å². The zero-order valence-electron chi connectivity index (χ0n) is 17.0. The third-order valence-electron chi connectivity index (χ3n) is 3.94. The van der Waals surface area contributed by atoms with E-state index < -0.39 is 41.6 Å². The van der Waals surface area contributed by atoms with Gasteiger partial charge in [0.2, 0.25) is 0 Å². The second-order valence-electron chi connectivity index (χ2n) is 7.62. The minimum absolute atomic E-state index is 0.0314. The van der Waals surface area contributed by atoms with Crippen LogP contribution in [-0.4, -0.2) is 46.7 Å². The number of nitrogens with one attached hydrogen (secondary N) is 1. The highest BCUT2D eigenvalue weighted by atomic mass is 16.7. The number of hydrogen-bond donors (Lipinski definition) is 1. The molecule has 2 rings (SSSR count). The molecule has 1 saturated heterocycles. The van der Waals surface area contributed by atoms with Gasteiger partial charge in [-0.3, -0.25) is 9.59 Å². The number of ether oxygens (including phenoxy) is 2. The van der Waals surface area contributed by atoms with E-state index in [4.69, 9.17) is 14.3 Å². The third kappa shape index (κ3) is 6.86. The van der Waals surface area contributed by atoms with Crippen LogP contribution in [-0.2, 0) is 35.3 Å². The number of hydrogen-bond acceptors (Lipinski definition) is 7. The molecule has 9 nitrogen and oxygen atoms in total. The summed E-state index contributed by atoms with van der Waals surface area (Å²) in [5, 5.41) is 2.83. The first-order valence-electron chi connectivity index (χ1n) is 9.29. The van der Waals surface area contributed by atoms with Crippen LogP contribution in [0.1, 0.15) is 46.1 Å². The summed E-state index contributed by atoms with van der Waals surface area (Å²) in [5.41, 5.74) is 0.0849. The van der Waals surface area contributed by atoms with E-state index in [0.717, 1.165) is 5.56 Å². The standard InChI is InChI=1S/C20H26N2O7/c1-13(27-12-14-8-6-5-7-9-14)17(21-19(26)28-20(2,3)4)18(25)29-22-15(23)10-11-16(22)24/h5-9,13,17H,10-12H2,1-4H3,(H,21,26)/t13-,17+/m1/s1. The molecule has 29 heavy (non-hydrogen) atoms. The monoisotopic (exact) mass is 406 g/mol. The van der Waals surface area contributed by atoms with Gasteiger partial charge in [0, 0.05) is 12.8 Å². The number of rotatable bonds is 7. The summed E-state index contributed by atoms with van der Waals surface area (Å²) in [6.45, 7) is 6.79. The summed E-state index contributed by atoms with van der Waals surface area (Å²) in [5.74, 6) is -2.23. The highest BCUT2D eigenvalue weighted by Gasteiger charge is 2.38. The van der Waals surface area contributed by atoms with Crippen LogP contribution in [0.5, 0.6) is 0 Å². The molecule has 2 atom stereocenters. The van der Waals surface area contributed by atoms with Crippen molar-refractivity contribution in [1.82, 2.24) is 10.4 Å². The van der Waals surface area contributed by atoms with Crippen LogP contribution < -0.4 is 5.32 Å². The molecule has 0 aliphatic carbocycles. The lowest BCUT2D eigenvalue weighted by atomic mass is 10.1. The Hall–Kier alpha value is -2.94. The van der Waals surface area contributed by atoms with Gasteiger partial charge in [0.25, 0.3) is 11.8 Å². The third-order valence-corrected chi connectivity index (χ3v) is 3.94. The van der Waals surface area contributed by atoms with Crippen molar-refractivity contribution >= 4 is 23.9 Å². The summed E-state index contributed by atoms with van der Waals surface area (Å²) in [4.78, 5) is 53.2. The fourth-order valence-electron chi connectivity index (χ4n) is 2.51. The molecule has 1 aromatic carbocycles. The van der Waals surface area contributed by atoms with Gasteiger partial charge in [-0.2, -0.15) is 0 Å². The summed E-state index contributed by atoms with van der Waals surface area (Å²) in [6.07, 6.45) is -1.75. The molecule has 0 unspecified atom stereocenters. The number of hydroxylamine groups is 2. The highest BCUT2D eigenvalue weighted by molar-refractivity contribution is 6.01. The number of benzene rings is 1. The minimum atomic E-state index is -1.30. The van der Waals surface area contributed by atoms with Gasteiger partial charge in [0.05, 0.1) is 12.7 Å². The van der Waals surface area contributed by atoms with E-state index in [1.54, 1.807) is 27.7 Å². The van der Waals surface area contributed by atoms with Gasteiger partial charge in [-0.15, -0.1) is 5.06 Å². The molecule has 0 spiro atoms. The van der Waals surface area contributed by atoms with Gasteiger partial charge >= 0.3 is 12.1 Å². The predicted octanol–water partition coefficient (Wildman–Crippen LogP) is 2.09. The Balaban J connectivity index is 2.08. The van der Waals surface area contributed by atoms with Crippen LogP contribution >= 0.6 is 0 Å². The molecule has 158 valence electrons. The van der Waals surface area contributed by atoms with E-state index in [2.05, 4.69) is 5.32 Å². The Morgan fingerprint density at radius 1 is 1.10 bits per heavy atom. The predicted molar refractivity (Wildman–Crippen MR) is 101 cm³/mol. The van der Waals surface area contributed by atoms with Gasteiger partial charge in [-0.1, -0.05) is 30.3 Å².